The fourth-order valence-electron chi connectivity index (χ4n) is 3.20. The van der Waals surface area contributed by atoms with Gasteiger partial charge in [0.15, 0.2) is 9.84 Å². The van der Waals surface area contributed by atoms with Crippen molar-refractivity contribution < 1.29 is 18.6 Å². The zero-order valence-corrected chi connectivity index (χ0v) is 15.6. The van der Waals surface area contributed by atoms with Crippen LogP contribution in [0, 0.1) is 0 Å². The number of H-pyrrole nitrogens is 1. The summed E-state index contributed by atoms with van der Waals surface area (Å²) in [6.45, 7) is -0.447. The molecule has 27 heavy (non-hydrogen) atoms. The van der Waals surface area contributed by atoms with Crippen LogP contribution in [0.1, 0.15) is 0 Å². The van der Waals surface area contributed by atoms with Crippen LogP contribution >= 0.6 is 11.3 Å². The van der Waals surface area contributed by atoms with Crippen molar-refractivity contribution in [3.8, 4) is 16.9 Å². The van der Waals surface area contributed by atoms with Crippen LogP contribution in [-0.4, -0.2) is 36.0 Å². The van der Waals surface area contributed by atoms with Crippen LogP contribution in [0.5, 0.6) is 5.75 Å². The summed E-state index contributed by atoms with van der Waals surface area (Å²) in [6, 6.07) is 11.1. The number of aliphatic hydroxyl groups is 1. The van der Waals surface area contributed by atoms with Gasteiger partial charge in [0.1, 0.15) is 10.4 Å². The molecular formula is C19H15NO5S2. The number of aromatic nitrogens is 1. The minimum Gasteiger partial charge on any atom is -0.507 e. The Kier molecular flexibility index (Phi) is 4.26. The summed E-state index contributed by atoms with van der Waals surface area (Å²) >= 11 is 1.32. The first-order valence-electron chi connectivity index (χ1n) is 8.11. The number of hydrogen-bond acceptors (Lipinski definition) is 6. The number of aliphatic hydroxyl groups excluding tert-OH is 1. The summed E-state index contributed by atoms with van der Waals surface area (Å²) in [5.74, 6) is -0.309. The largest absolute Gasteiger partial charge is 0.507 e. The molecule has 2 aromatic heterocycles. The third-order valence-corrected chi connectivity index (χ3v) is 7.06. The predicted molar refractivity (Wildman–Crippen MR) is 106 cm³/mol. The van der Waals surface area contributed by atoms with E-state index in [2.05, 4.69) is 4.98 Å². The Morgan fingerprint density at radius 3 is 2.48 bits per heavy atom. The average molecular weight is 401 g/mol. The summed E-state index contributed by atoms with van der Waals surface area (Å²) in [7, 11) is -3.55. The molecule has 8 heteroatoms. The van der Waals surface area contributed by atoms with Gasteiger partial charge in [0.25, 0.3) is 5.56 Å². The molecule has 6 nitrogen and oxygen atoms in total. The number of phenols is 1. The van der Waals surface area contributed by atoms with Crippen molar-refractivity contribution in [1.29, 1.82) is 0 Å². The first-order valence-corrected chi connectivity index (χ1v) is 10.6. The van der Waals surface area contributed by atoms with Crippen LogP contribution in [-0.2, 0) is 9.84 Å². The number of sulfone groups is 1. The molecule has 0 radical (unpaired) electrons. The topological polar surface area (TPSA) is 107 Å². The molecule has 0 saturated carbocycles. The van der Waals surface area contributed by atoms with Gasteiger partial charge in [0.2, 0.25) is 0 Å². The number of hydrogen-bond donors (Lipinski definition) is 3. The quantitative estimate of drug-likeness (QED) is 0.487. The van der Waals surface area contributed by atoms with E-state index in [0.717, 1.165) is 5.39 Å². The highest BCUT2D eigenvalue weighted by Crippen LogP contribution is 2.39. The number of fused-ring (bicyclic) bond motifs is 3. The molecule has 0 atom stereocenters. The van der Waals surface area contributed by atoms with Crippen molar-refractivity contribution in [2.45, 2.75) is 4.90 Å². The molecule has 0 fully saturated rings. The van der Waals surface area contributed by atoms with Gasteiger partial charge >= 0.3 is 0 Å². The van der Waals surface area contributed by atoms with Crippen LogP contribution in [0.4, 0.5) is 0 Å². The second-order valence-electron chi connectivity index (χ2n) is 6.07. The van der Waals surface area contributed by atoms with Gasteiger partial charge in [-0.15, -0.1) is 11.3 Å². The van der Waals surface area contributed by atoms with Gasteiger partial charge in [-0.05, 0) is 41.3 Å². The highest BCUT2D eigenvalue weighted by Gasteiger charge is 2.17. The number of pyridine rings is 1. The minimum absolute atomic E-state index is 0.0352. The molecule has 0 amide bonds. The smallest absolute Gasteiger partial charge is 0.266 e. The van der Waals surface area contributed by atoms with Crippen LogP contribution in [0.3, 0.4) is 0 Å². The molecule has 0 aliphatic rings. The second kappa shape index (κ2) is 6.49. The Balaban J connectivity index is 1.98. The first-order chi connectivity index (χ1) is 12.9. The van der Waals surface area contributed by atoms with E-state index in [1.807, 2.05) is 11.4 Å². The van der Waals surface area contributed by atoms with Crippen molar-refractivity contribution in [2.24, 2.45) is 0 Å². The number of nitrogens with one attached hydrogen (secondary N) is 1. The predicted octanol–water partition coefficient (Wildman–Crippen LogP) is 2.88. The third-order valence-electron chi connectivity index (χ3n) is 4.43. The van der Waals surface area contributed by atoms with Crippen LogP contribution < -0.4 is 5.56 Å². The fraction of sp³-hybridized carbons (Fsp3) is 0.105. The maximum absolute atomic E-state index is 12.2. The summed E-state index contributed by atoms with van der Waals surface area (Å²) in [6.07, 6.45) is 0. The molecule has 3 N–H and O–H groups in total. The molecular weight excluding hydrogens is 386 g/mol. The number of phenolic OH excluding ortho intramolecular Hbond substituents is 1. The van der Waals surface area contributed by atoms with Crippen molar-refractivity contribution in [2.75, 3.05) is 12.4 Å². The average Bonchev–Trinajstić information content (AvgIpc) is 3.13. The van der Waals surface area contributed by atoms with E-state index >= 15 is 0 Å². The molecule has 0 aliphatic carbocycles. The Morgan fingerprint density at radius 1 is 1.04 bits per heavy atom. The van der Waals surface area contributed by atoms with E-state index < -0.39 is 16.4 Å². The Bertz CT molecular complexity index is 1320. The number of aromatic amines is 1. The molecule has 0 unspecified atom stereocenters. The first kappa shape index (κ1) is 17.7. The molecule has 0 aliphatic heterocycles. The number of rotatable bonds is 4. The highest BCUT2D eigenvalue weighted by atomic mass is 32.2. The standard InChI is InChI=1S/C19H15NO5S2/c21-8-10-27(24,25)12-3-1-11(2-4-12)16-15(22)6-5-14-17(16)13-7-9-26-18(13)19(23)20-14/h1-7,9,21-22H,8,10H2,(H,20,23). The molecule has 0 spiro atoms. The van der Waals surface area contributed by atoms with E-state index in [1.165, 1.54) is 29.5 Å². The molecule has 2 heterocycles. The summed E-state index contributed by atoms with van der Waals surface area (Å²) in [5, 5.41) is 22.7. The third kappa shape index (κ3) is 2.91. The van der Waals surface area contributed by atoms with E-state index in [-0.39, 0.29) is 22.0 Å². The molecule has 0 saturated heterocycles. The maximum Gasteiger partial charge on any atom is 0.266 e. The Labute approximate surface area is 158 Å². The minimum atomic E-state index is -3.55. The zero-order valence-electron chi connectivity index (χ0n) is 14.0. The number of thiophene rings is 1. The molecule has 4 aromatic rings. The SMILES string of the molecule is O=c1[nH]c2ccc(O)c(-c3ccc(S(=O)(=O)CCO)cc3)c2c2ccsc12. The van der Waals surface area contributed by atoms with Crippen molar-refractivity contribution in [3.05, 3.63) is 58.2 Å². The van der Waals surface area contributed by atoms with E-state index in [4.69, 9.17) is 5.11 Å². The maximum atomic E-state index is 12.2. The van der Waals surface area contributed by atoms with Gasteiger partial charge in [-0.3, -0.25) is 4.79 Å². The van der Waals surface area contributed by atoms with E-state index in [1.54, 1.807) is 18.2 Å². The van der Waals surface area contributed by atoms with Gasteiger partial charge in [-0.1, -0.05) is 12.1 Å². The Hall–Kier alpha value is -2.68. The van der Waals surface area contributed by atoms with E-state index in [9.17, 15) is 18.3 Å². The fourth-order valence-corrected chi connectivity index (χ4v) is 5.02. The van der Waals surface area contributed by atoms with Gasteiger partial charge < -0.3 is 15.2 Å². The molecule has 138 valence electrons. The van der Waals surface area contributed by atoms with Gasteiger partial charge in [0.05, 0.1) is 17.3 Å². The molecule has 4 rings (SSSR count). The van der Waals surface area contributed by atoms with Gasteiger partial charge in [-0.25, -0.2) is 8.42 Å². The van der Waals surface area contributed by atoms with Crippen LogP contribution in [0.15, 0.2) is 57.5 Å². The Morgan fingerprint density at radius 2 is 1.78 bits per heavy atom. The van der Waals surface area contributed by atoms with Crippen molar-refractivity contribution >= 4 is 42.2 Å². The van der Waals surface area contributed by atoms with Crippen LogP contribution in [0.25, 0.3) is 32.1 Å². The van der Waals surface area contributed by atoms with Crippen LogP contribution in [0.2, 0.25) is 0 Å². The number of benzene rings is 2. The van der Waals surface area contributed by atoms with Crippen molar-refractivity contribution in [3.63, 3.8) is 0 Å². The lowest BCUT2D eigenvalue weighted by atomic mass is 9.97. The lowest BCUT2D eigenvalue weighted by Gasteiger charge is -2.11. The molecule has 0 bridgehead atoms. The number of aromatic hydroxyl groups is 1. The lowest BCUT2D eigenvalue weighted by molar-refractivity contribution is 0.319. The van der Waals surface area contributed by atoms with Gasteiger partial charge in [0, 0.05) is 21.9 Å². The van der Waals surface area contributed by atoms with E-state index in [0.29, 0.717) is 26.7 Å². The molecule has 2 aromatic carbocycles. The summed E-state index contributed by atoms with van der Waals surface area (Å²) in [5.41, 5.74) is 1.56. The normalized spacial score (nSPS) is 12.0. The van der Waals surface area contributed by atoms with Gasteiger partial charge in [-0.2, -0.15) is 0 Å². The van der Waals surface area contributed by atoms with Crippen molar-refractivity contribution in [1.82, 2.24) is 4.98 Å². The summed E-state index contributed by atoms with van der Waals surface area (Å²) < 4.78 is 24.7. The zero-order chi connectivity index (χ0) is 19.2. The second-order valence-corrected chi connectivity index (χ2v) is 9.09. The highest BCUT2D eigenvalue weighted by molar-refractivity contribution is 7.91. The summed E-state index contributed by atoms with van der Waals surface area (Å²) in [4.78, 5) is 15.1. The lowest BCUT2D eigenvalue weighted by Crippen LogP contribution is -2.09. The monoisotopic (exact) mass is 401 g/mol.